The van der Waals surface area contributed by atoms with Crippen LogP contribution in [0, 0.1) is 6.58 Å². The molecule has 0 bridgehead atoms. The van der Waals surface area contributed by atoms with E-state index in [4.69, 9.17) is 6.58 Å². The normalized spacial score (nSPS) is 22.0. The summed E-state index contributed by atoms with van der Waals surface area (Å²) in [5.41, 5.74) is 0. The average Bonchev–Trinajstić information content (AvgIpc) is 2.17. The van der Waals surface area contributed by atoms with Crippen LogP contribution in [0.25, 0.3) is 0 Å². The van der Waals surface area contributed by atoms with Gasteiger partial charge in [-0.05, 0) is 25.9 Å². The van der Waals surface area contributed by atoms with Gasteiger partial charge in [0, 0.05) is 6.54 Å². The second-order valence-corrected chi connectivity index (χ2v) is 2.95. The Morgan fingerprint density at radius 1 is 1.10 bits per heavy atom. The molecule has 0 aliphatic carbocycles. The molecule has 1 heterocycles. The fourth-order valence-electron chi connectivity index (χ4n) is 1.47. The average molecular weight is 138 g/mol. The van der Waals surface area contributed by atoms with Crippen LogP contribution in [0.2, 0.25) is 0 Å². The van der Waals surface area contributed by atoms with Crippen molar-refractivity contribution in [3.05, 3.63) is 12.7 Å². The van der Waals surface area contributed by atoms with Gasteiger partial charge in [-0.25, -0.2) is 0 Å². The van der Waals surface area contributed by atoms with Gasteiger partial charge in [0.25, 0.3) is 0 Å². The molecule has 0 aromatic carbocycles. The predicted octanol–water partition coefficient (Wildman–Crippen LogP) is 1.85. The summed E-state index contributed by atoms with van der Waals surface area (Å²) >= 11 is 0. The molecule has 0 atom stereocenters. The van der Waals surface area contributed by atoms with E-state index in [0.717, 1.165) is 6.54 Å². The van der Waals surface area contributed by atoms with Gasteiger partial charge < -0.3 is 0 Å². The predicted molar refractivity (Wildman–Crippen MR) is 43.8 cm³/mol. The molecule has 57 valence electrons. The Kier molecular flexibility index (Phi) is 3.52. The summed E-state index contributed by atoms with van der Waals surface area (Å²) in [4.78, 5) is 2.42. The molecule has 0 aromatic heterocycles. The van der Waals surface area contributed by atoms with Crippen LogP contribution in [0.4, 0.5) is 0 Å². The lowest BCUT2D eigenvalue weighted by Crippen LogP contribution is -2.24. The number of rotatable bonds is 2. The molecule has 0 aromatic rings. The highest BCUT2D eigenvalue weighted by Gasteiger charge is 2.05. The molecule has 1 rings (SSSR count). The SMILES string of the molecule is [CH]=CCN1CCCCCC1. The summed E-state index contributed by atoms with van der Waals surface area (Å²) < 4.78 is 0. The van der Waals surface area contributed by atoms with E-state index in [-0.39, 0.29) is 0 Å². The summed E-state index contributed by atoms with van der Waals surface area (Å²) in [6.45, 7) is 8.80. The molecule has 1 aliphatic rings. The third kappa shape index (κ3) is 2.53. The Labute approximate surface area is 63.7 Å². The summed E-state index contributed by atoms with van der Waals surface area (Å²) in [5.74, 6) is 0. The zero-order chi connectivity index (χ0) is 7.23. The largest absolute Gasteiger partial charge is 0.300 e. The maximum absolute atomic E-state index is 5.34. The van der Waals surface area contributed by atoms with Crippen molar-refractivity contribution in [1.82, 2.24) is 4.90 Å². The first-order chi connectivity index (χ1) is 4.93. The van der Waals surface area contributed by atoms with Crippen LogP contribution in [0.3, 0.4) is 0 Å². The number of likely N-dealkylation sites (tertiary alicyclic amines) is 1. The fraction of sp³-hybridized carbons (Fsp3) is 0.778. The molecule has 1 saturated heterocycles. The van der Waals surface area contributed by atoms with Gasteiger partial charge in [0.05, 0.1) is 0 Å². The van der Waals surface area contributed by atoms with Gasteiger partial charge in [-0.15, -0.1) is 0 Å². The highest BCUT2D eigenvalue weighted by molar-refractivity contribution is 4.72. The van der Waals surface area contributed by atoms with E-state index >= 15 is 0 Å². The van der Waals surface area contributed by atoms with Crippen molar-refractivity contribution in [3.63, 3.8) is 0 Å². The highest BCUT2D eigenvalue weighted by Crippen LogP contribution is 2.08. The number of nitrogens with zero attached hydrogens (tertiary/aromatic N) is 1. The van der Waals surface area contributed by atoms with Gasteiger partial charge in [-0.1, -0.05) is 25.5 Å². The molecule has 10 heavy (non-hydrogen) atoms. The van der Waals surface area contributed by atoms with Crippen LogP contribution in [0.15, 0.2) is 6.08 Å². The van der Waals surface area contributed by atoms with Gasteiger partial charge in [0.2, 0.25) is 0 Å². The molecule has 0 spiro atoms. The van der Waals surface area contributed by atoms with E-state index in [9.17, 15) is 0 Å². The van der Waals surface area contributed by atoms with Gasteiger partial charge in [-0.3, -0.25) is 4.90 Å². The summed E-state index contributed by atoms with van der Waals surface area (Å²) in [6.07, 6.45) is 7.27. The van der Waals surface area contributed by atoms with E-state index in [1.807, 2.05) is 0 Å². The Morgan fingerprint density at radius 2 is 1.70 bits per heavy atom. The van der Waals surface area contributed by atoms with Crippen LogP contribution >= 0.6 is 0 Å². The van der Waals surface area contributed by atoms with Crippen molar-refractivity contribution in [2.24, 2.45) is 0 Å². The van der Waals surface area contributed by atoms with E-state index in [0.29, 0.717) is 0 Å². The first kappa shape index (κ1) is 7.80. The topological polar surface area (TPSA) is 3.24 Å². The minimum absolute atomic E-state index is 0.972. The molecule has 0 unspecified atom stereocenters. The zero-order valence-electron chi connectivity index (χ0n) is 6.55. The standard InChI is InChI=1S/C9H16N/c1-2-7-10-8-5-3-4-6-9-10/h1-2H,3-9H2. The second-order valence-electron chi connectivity index (χ2n) is 2.95. The molecular formula is C9H16N. The lowest BCUT2D eigenvalue weighted by molar-refractivity contribution is 0.316. The maximum Gasteiger partial charge on any atom is 0.0166 e. The summed E-state index contributed by atoms with van der Waals surface area (Å²) in [5, 5.41) is 0. The van der Waals surface area contributed by atoms with Gasteiger partial charge in [0.15, 0.2) is 0 Å². The molecular weight excluding hydrogens is 122 g/mol. The molecule has 0 amide bonds. The van der Waals surface area contributed by atoms with Crippen LogP contribution in [-0.4, -0.2) is 24.5 Å². The zero-order valence-corrected chi connectivity index (χ0v) is 6.55. The van der Waals surface area contributed by atoms with Gasteiger partial charge >= 0.3 is 0 Å². The van der Waals surface area contributed by atoms with E-state index < -0.39 is 0 Å². The van der Waals surface area contributed by atoms with E-state index in [1.165, 1.54) is 38.8 Å². The van der Waals surface area contributed by atoms with Crippen LogP contribution in [0.1, 0.15) is 25.7 Å². The van der Waals surface area contributed by atoms with E-state index in [2.05, 4.69) is 4.90 Å². The number of hydrogen-bond acceptors (Lipinski definition) is 1. The maximum atomic E-state index is 5.34. The lowest BCUT2D eigenvalue weighted by Gasteiger charge is -2.16. The van der Waals surface area contributed by atoms with Crippen LogP contribution in [-0.2, 0) is 0 Å². The van der Waals surface area contributed by atoms with E-state index in [1.54, 1.807) is 6.08 Å². The Morgan fingerprint density at radius 3 is 2.20 bits per heavy atom. The Bertz CT molecular complexity index is 90.9. The molecule has 1 fully saturated rings. The molecule has 1 heteroatoms. The first-order valence-electron chi connectivity index (χ1n) is 4.19. The Balaban J connectivity index is 2.21. The van der Waals surface area contributed by atoms with Crippen molar-refractivity contribution in [2.45, 2.75) is 25.7 Å². The molecule has 0 saturated carbocycles. The third-order valence-corrected chi connectivity index (χ3v) is 2.06. The number of hydrogen-bond donors (Lipinski definition) is 0. The summed E-state index contributed by atoms with van der Waals surface area (Å²) in [7, 11) is 0. The third-order valence-electron chi connectivity index (χ3n) is 2.06. The van der Waals surface area contributed by atoms with Crippen LogP contribution < -0.4 is 0 Å². The monoisotopic (exact) mass is 138 g/mol. The first-order valence-corrected chi connectivity index (χ1v) is 4.19. The molecule has 1 nitrogen and oxygen atoms in total. The van der Waals surface area contributed by atoms with Crippen molar-refractivity contribution < 1.29 is 0 Å². The molecule has 1 radical (unpaired) electrons. The van der Waals surface area contributed by atoms with Crippen molar-refractivity contribution in [2.75, 3.05) is 19.6 Å². The van der Waals surface area contributed by atoms with Crippen molar-refractivity contribution in [1.29, 1.82) is 0 Å². The summed E-state index contributed by atoms with van der Waals surface area (Å²) in [6, 6.07) is 0. The molecule has 1 aliphatic heterocycles. The second kappa shape index (κ2) is 4.51. The Hall–Kier alpha value is -0.300. The smallest absolute Gasteiger partial charge is 0.0166 e. The highest BCUT2D eigenvalue weighted by atomic mass is 15.1. The van der Waals surface area contributed by atoms with Gasteiger partial charge in [-0.2, -0.15) is 0 Å². The van der Waals surface area contributed by atoms with Crippen molar-refractivity contribution in [3.8, 4) is 0 Å². The fourth-order valence-corrected chi connectivity index (χ4v) is 1.47. The van der Waals surface area contributed by atoms with Gasteiger partial charge in [0.1, 0.15) is 0 Å². The minimum atomic E-state index is 0.972. The quantitative estimate of drug-likeness (QED) is 0.563. The van der Waals surface area contributed by atoms with Crippen molar-refractivity contribution >= 4 is 0 Å². The lowest BCUT2D eigenvalue weighted by atomic mass is 10.2. The van der Waals surface area contributed by atoms with Crippen LogP contribution in [0.5, 0.6) is 0 Å². The molecule has 0 N–H and O–H groups in total. The minimum Gasteiger partial charge on any atom is -0.300 e.